The molecule has 1 aliphatic rings. The molecule has 146 valence electrons. The van der Waals surface area contributed by atoms with Gasteiger partial charge in [-0.2, -0.15) is 0 Å². The minimum absolute atomic E-state index is 0.00781. The van der Waals surface area contributed by atoms with Gasteiger partial charge in [0, 0.05) is 18.5 Å². The molecule has 29 heavy (non-hydrogen) atoms. The third-order valence-corrected chi connectivity index (χ3v) is 6.63. The van der Waals surface area contributed by atoms with E-state index in [4.69, 9.17) is 11.5 Å². The van der Waals surface area contributed by atoms with Crippen molar-refractivity contribution in [3.63, 3.8) is 0 Å². The number of rotatable bonds is 3. The summed E-state index contributed by atoms with van der Waals surface area (Å²) >= 11 is 0. The van der Waals surface area contributed by atoms with E-state index in [0.717, 1.165) is 12.0 Å². The fourth-order valence-electron chi connectivity index (χ4n) is 5.22. The molecule has 0 radical (unpaired) electrons. The Morgan fingerprint density at radius 2 is 1.76 bits per heavy atom. The fraction of sp³-hybridized carbons (Fsp3) is 0.259. The van der Waals surface area contributed by atoms with E-state index >= 15 is 0 Å². The lowest BCUT2D eigenvalue weighted by Gasteiger charge is -2.29. The molecular formula is C27H28N2. The number of fused-ring (bicyclic) bond motifs is 5. The van der Waals surface area contributed by atoms with Crippen LogP contribution in [0.15, 0.2) is 66.7 Å². The molecule has 2 atom stereocenters. The van der Waals surface area contributed by atoms with Crippen molar-refractivity contribution in [2.24, 2.45) is 11.5 Å². The molecule has 4 aromatic rings. The molecule has 0 saturated carbocycles. The summed E-state index contributed by atoms with van der Waals surface area (Å²) < 4.78 is 0. The van der Waals surface area contributed by atoms with Crippen molar-refractivity contribution in [1.82, 2.24) is 0 Å². The van der Waals surface area contributed by atoms with Gasteiger partial charge in [-0.05, 0) is 75.5 Å². The maximum Gasteiger partial charge on any atom is 0.0269 e. The summed E-state index contributed by atoms with van der Waals surface area (Å²) in [5.41, 5.74) is 19.0. The summed E-state index contributed by atoms with van der Waals surface area (Å²) in [6, 6.07) is 24.8. The highest BCUT2D eigenvalue weighted by atomic mass is 14.6. The maximum atomic E-state index is 6.17. The molecule has 4 N–H and O–H groups in total. The van der Waals surface area contributed by atoms with E-state index in [0.29, 0.717) is 12.5 Å². The summed E-state index contributed by atoms with van der Waals surface area (Å²) in [5, 5.41) is 5.41. The van der Waals surface area contributed by atoms with Crippen LogP contribution in [0.2, 0.25) is 0 Å². The number of hydrogen-bond donors (Lipinski definition) is 2. The smallest absolute Gasteiger partial charge is 0.0269 e. The third-order valence-electron chi connectivity index (χ3n) is 6.63. The normalized spacial score (nSPS) is 17.4. The van der Waals surface area contributed by atoms with Gasteiger partial charge in [0.2, 0.25) is 0 Å². The number of aryl methyl sites for hydroxylation is 1. The predicted octanol–water partition coefficient (Wildman–Crippen LogP) is 5.94. The van der Waals surface area contributed by atoms with E-state index in [1.165, 1.54) is 56.6 Å². The van der Waals surface area contributed by atoms with Gasteiger partial charge in [0.05, 0.1) is 0 Å². The Balaban J connectivity index is 1.73. The Kier molecular flexibility index (Phi) is 4.61. The van der Waals surface area contributed by atoms with E-state index < -0.39 is 0 Å². The van der Waals surface area contributed by atoms with Crippen LogP contribution in [-0.4, -0.2) is 0 Å². The molecule has 0 bridgehead atoms. The molecule has 0 spiro atoms. The Labute approximate surface area is 172 Å². The van der Waals surface area contributed by atoms with Crippen LogP contribution in [-0.2, 0) is 13.0 Å². The van der Waals surface area contributed by atoms with Crippen LogP contribution in [0.1, 0.15) is 59.5 Å². The molecule has 0 amide bonds. The number of hydrogen-bond acceptors (Lipinski definition) is 2. The van der Waals surface area contributed by atoms with Gasteiger partial charge < -0.3 is 11.5 Å². The quantitative estimate of drug-likeness (QED) is 0.432. The van der Waals surface area contributed by atoms with Crippen LogP contribution < -0.4 is 11.5 Å². The van der Waals surface area contributed by atoms with Crippen molar-refractivity contribution in [3.05, 3.63) is 94.5 Å². The van der Waals surface area contributed by atoms with Crippen molar-refractivity contribution < 1.29 is 0 Å². The summed E-state index contributed by atoms with van der Waals surface area (Å²) in [4.78, 5) is 0. The highest BCUT2D eigenvalue weighted by Crippen LogP contribution is 2.42. The molecule has 1 aliphatic carbocycles. The second-order valence-corrected chi connectivity index (χ2v) is 8.42. The van der Waals surface area contributed by atoms with Gasteiger partial charge in [0.1, 0.15) is 0 Å². The second-order valence-electron chi connectivity index (χ2n) is 8.42. The lowest BCUT2D eigenvalue weighted by Crippen LogP contribution is -2.15. The molecule has 4 aromatic carbocycles. The lowest BCUT2D eigenvalue weighted by atomic mass is 9.75. The molecule has 0 aromatic heterocycles. The van der Waals surface area contributed by atoms with Crippen LogP contribution in [0.4, 0.5) is 0 Å². The van der Waals surface area contributed by atoms with Crippen LogP contribution >= 0.6 is 0 Å². The molecule has 2 unspecified atom stereocenters. The zero-order valence-corrected chi connectivity index (χ0v) is 17.0. The van der Waals surface area contributed by atoms with Crippen molar-refractivity contribution >= 4 is 21.5 Å². The van der Waals surface area contributed by atoms with Crippen LogP contribution in [0, 0.1) is 0 Å². The fourth-order valence-corrected chi connectivity index (χ4v) is 5.22. The summed E-state index contributed by atoms with van der Waals surface area (Å²) in [6.07, 6.45) is 3.57. The summed E-state index contributed by atoms with van der Waals surface area (Å²) in [7, 11) is 0. The summed E-state index contributed by atoms with van der Waals surface area (Å²) in [5.74, 6) is 0.413. The largest absolute Gasteiger partial charge is 0.326 e. The van der Waals surface area contributed by atoms with Crippen molar-refractivity contribution in [2.45, 2.75) is 44.7 Å². The van der Waals surface area contributed by atoms with Gasteiger partial charge in [-0.1, -0.05) is 66.7 Å². The molecule has 2 heteroatoms. The van der Waals surface area contributed by atoms with E-state index in [1.807, 2.05) is 6.92 Å². The first kappa shape index (κ1) is 18.4. The van der Waals surface area contributed by atoms with E-state index in [9.17, 15) is 0 Å². The molecule has 0 aliphatic heterocycles. The van der Waals surface area contributed by atoms with Gasteiger partial charge in [-0.3, -0.25) is 0 Å². The third kappa shape index (κ3) is 3.04. The van der Waals surface area contributed by atoms with Crippen LogP contribution in [0.25, 0.3) is 21.5 Å². The zero-order chi connectivity index (χ0) is 20.0. The van der Waals surface area contributed by atoms with Crippen molar-refractivity contribution in [3.8, 4) is 0 Å². The molecule has 2 nitrogen and oxygen atoms in total. The van der Waals surface area contributed by atoms with E-state index in [-0.39, 0.29) is 6.04 Å². The Bertz CT molecular complexity index is 1210. The zero-order valence-electron chi connectivity index (χ0n) is 17.0. The number of nitrogens with two attached hydrogens (primary N) is 2. The predicted molar refractivity (Wildman–Crippen MR) is 123 cm³/mol. The SMILES string of the molecule is CC(N)c1ccc(C2CCCc3ccc4c(ccc5ccccc54)c32)cc1CN. The van der Waals surface area contributed by atoms with Gasteiger partial charge >= 0.3 is 0 Å². The van der Waals surface area contributed by atoms with Gasteiger partial charge in [-0.25, -0.2) is 0 Å². The highest BCUT2D eigenvalue weighted by Gasteiger charge is 2.25. The van der Waals surface area contributed by atoms with E-state index in [2.05, 4.69) is 66.7 Å². The molecule has 0 fully saturated rings. The lowest BCUT2D eigenvalue weighted by molar-refractivity contribution is 0.619. The second kappa shape index (κ2) is 7.29. The Morgan fingerprint density at radius 1 is 0.931 bits per heavy atom. The van der Waals surface area contributed by atoms with Crippen molar-refractivity contribution in [2.75, 3.05) is 0 Å². The van der Waals surface area contributed by atoms with Crippen LogP contribution in [0.5, 0.6) is 0 Å². The van der Waals surface area contributed by atoms with Crippen LogP contribution in [0.3, 0.4) is 0 Å². The Morgan fingerprint density at radius 3 is 2.59 bits per heavy atom. The van der Waals surface area contributed by atoms with Gasteiger partial charge in [-0.15, -0.1) is 0 Å². The minimum atomic E-state index is 0.00781. The Hall–Kier alpha value is -2.68. The standard InChI is InChI=1S/C27H28N2/c1-17(29)22-12-11-20(15-21(22)16-28)24-8-4-6-19-10-13-25-23-7-3-2-5-18(23)9-14-26(25)27(19)24/h2-3,5,7,9-15,17,24H,4,6,8,16,28-29H2,1H3. The first-order valence-corrected chi connectivity index (χ1v) is 10.7. The average Bonchev–Trinajstić information content (AvgIpc) is 2.77. The highest BCUT2D eigenvalue weighted by molar-refractivity contribution is 6.09. The van der Waals surface area contributed by atoms with Gasteiger partial charge in [0.25, 0.3) is 0 Å². The summed E-state index contributed by atoms with van der Waals surface area (Å²) in [6.45, 7) is 2.56. The first-order valence-electron chi connectivity index (χ1n) is 10.7. The molecule has 5 rings (SSSR count). The maximum absolute atomic E-state index is 6.17. The van der Waals surface area contributed by atoms with Gasteiger partial charge in [0.15, 0.2) is 0 Å². The minimum Gasteiger partial charge on any atom is -0.326 e. The van der Waals surface area contributed by atoms with Crippen molar-refractivity contribution in [1.29, 1.82) is 0 Å². The monoisotopic (exact) mass is 380 g/mol. The molecule has 0 heterocycles. The first-order chi connectivity index (χ1) is 14.2. The number of benzene rings is 4. The molecule has 0 saturated heterocycles. The van der Waals surface area contributed by atoms with E-state index in [1.54, 1.807) is 0 Å². The topological polar surface area (TPSA) is 52.0 Å². The average molecular weight is 381 g/mol. The molecular weight excluding hydrogens is 352 g/mol.